The number of fused-ring (bicyclic) bond motifs is 3. The van der Waals surface area contributed by atoms with Crippen LogP contribution in [0.15, 0.2) is 24.3 Å². The first-order chi connectivity index (χ1) is 10.2. The third-order valence-electron chi connectivity index (χ3n) is 5.05. The van der Waals surface area contributed by atoms with Gasteiger partial charge in [-0.1, -0.05) is 24.3 Å². The number of hydrogen-bond acceptors (Lipinski definition) is 2. The lowest BCUT2D eigenvalue weighted by Crippen LogP contribution is -2.29. The van der Waals surface area contributed by atoms with Gasteiger partial charge in [-0.3, -0.25) is 4.79 Å². The van der Waals surface area contributed by atoms with E-state index in [-0.39, 0.29) is 5.91 Å². The summed E-state index contributed by atoms with van der Waals surface area (Å²) >= 11 is 0. The second kappa shape index (κ2) is 4.99. The number of likely N-dealkylation sites (tertiary alicyclic amines) is 1. The Morgan fingerprint density at radius 2 is 2.14 bits per heavy atom. The highest BCUT2D eigenvalue weighted by molar-refractivity contribution is 5.97. The predicted molar refractivity (Wildman–Crippen MR) is 84.3 cm³/mol. The number of rotatable bonds is 2. The maximum absolute atomic E-state index is 12.4. The summed E-state index contributed by atoms with van der Waals surface area (Å²) in [5.74, 6) is 1.91. The fourth-order valence-electron chi connectivity index (χ4n) is 3.70. The van der Waals surface area contributed by atoms with E-state index in [1.807, 2.05) is 0 Å². The molecule has 0 bridgehead atoms. The van der Waals surface area contributed by atoms with Crippen LogP contribution in [-0.2, 0) is 0 Å². The maximum atomic E-state index is 12.4. The lowest BCUT2D eigenvalue weighted by Gasteiger charge is -2.16. The molecule has 3 nitrogen and oxygen atoms in total. The van der Waals surface area contributed by atoms with Gasteiger partial charge in [0, 0.05) is 31.1 Å². The van der Waals surface area contributed by atoms with Crippen LogP contribution in [0.25, 0.3) is 6.08 Å². The highest BCUT2D eigenvalue weighted by Crippen LogP contribution is 2.36. The second-order valence-corrected chi connectivity index (χ2v) is 6.84. The van der Waals surface area contributed by atoms with Gasteiger partial charge >= 0.3 is 0 Å². The van der Waals surface area contributed by atoms with E-state index in [2.05, 4.69) is 47.6 Å². The molecule has 1 N–H and O–H groups in total. The van der Waals surface area contributed by atoms with E-state index in [9.17, 15) is 4.79 Å². The Labute approximate surface area is 126 Å². The van der Waals surface area contributed by atoms with Gasteiger partial charge in [-0.25, -0.2) is 0 Å². The van der Waals surface area contributed by atoms with Gasteiger partial charge in [0.05, 0.1) is 0 Å². The van der Waals surface area contributed by atoms with Crippen molar-refractivity contribution in [2.45, 2.75) is 18.8 Å². The van der Waals surface area contributed by atoms with E-state index in [0.717, 1.165) is 36.7 Å². The van der Waals surface area contributed by atoms with Crippen LogP contribution in [0.4, 0.5) is 0 Å². The number of benzene rings is 1. The third-order valence-corrected chi connectivity index (χ3v) is 5.05. The SMILES string of the molecule is CN1C[C@@H]2CNC(=O)c3cc(C=CC4CC4)ccc3[C@H]2C1. The van der Waals surface area contributed by atoms with Crippen molar-refractivity contribution in [3.63, 3.8) is 0 Å². The van der Waals surface area contributed by atoms with Crippen molar-refractivity contribution in [1.82, 2.24) is 10.2 Å². The van der Waals surface area contributed by atoms with Gasteiger partial charge in [-0.2, -0.15) is 0 Å². The molecule has 0 aromatic heterocycles. The standard InChI is InChI=1S/C18H22N2O/c1-20-10-14-9-19-18(21)16-8-13(5-4-12-2-3-12)6-7-15(16)17(14)11-20/h4-8,12,14,17H,2-3,9-11H2,1H3,(H,19,21)/t14-,17-/m0/s1. The van der Waals surface area contributed by atoms with E-state index >= 15 is 0 Å². The Morgan fingerprint density at radius 1 is 1.29 bits per heavy atom. The van der Waals surface area contributed by atoms with Gasteiger partial charge in [0.1, 0.15) is 0 Å². The van der Waals surface area contributed by atoms with Crippen LogP contribution in [0.3, 0.4) is 0 Å². The molecule has 21 heavy (non-hydrogen) atoms. The summed E-state index contributed by atoms with van der Waals surface area (Å²) in [6.45, 7) is 2.94. The van der Waals surface area contributed by atoms with E-state index in [1.54, 1.807) is 0 Å². The highest BCUT2D eigenvalue weighted by atomic mass is 16.1. The minimum Gasteiger partial charge on any atom is -0.352 e. The van der Waals surface area contributed by atoms with Crippen molar-refractivity contribution in [2.24, 2.45) is 11.8 Å². The summed E-state index contributed by atoms with van der Waals surface area (Å²) in [6, 6.07) is 6.43. The van der Waals surface area contributed by atoms with Crippen LogP contribution in [-0.4, -0.2) is 37.5 Å². The second-order valence-electron chi connectivity index (χ2n) is 6.84. The predicted octanol–water partition coefficient (Wildman–Crippen LogP) is 2.50. The zero-order chi connectivity index (χ0) is 14.4. The molecule has 1 aromatic rings. The number of nitrogens with one attached hydrogen (secondary N) is 1. The molecule has 0 radical (unpaired) electrons. The quantitative estimate of drug-likeness (QED) is 0.904. The molecular weight excluding hydrogens is 260 g/mol. The summed E-state index contributed by atoms with van der Waals surface area (Å²) in [6.07, 6.45) is 7.09. The molecule has 0 spiro atoms. The molecule has 2 fully saturated rings. The van der Waals surface area contributed by atoms with Crippen molar-refractivity contribution in [1.29, 1.82) is 0 Å². The Hall–Kier alpha value is -1.61. The molecule has 1 saturated heterocycles. The summed E-state index contributed by atoms with van der Waals surface area (Å²) in [5.41, 5.74) is 3.28. The lowest BCUT2D eigenvalue weighted by atomic mass is 9.86. The largest absolute Gasteiger partial charge is 0.352 e. The number of nitrogens with zero attached hydrogens (tertiary/aromatic N) is 1. The number of carbonyl (C=O) groups is 1. The topological polar surface area (TPSA) is 32.3 Å². The number of hydrogen-bond donors (Lipinski definition) is 1. The van der Waals surface area contributed by atoms with Crippen LogP contribution < -0.4 is 5.32 Å². The first-order valence-electron chi connectivity index (χ1n) is 7.99. The van der Waals surface area contributed by atoms with E-state index in [0.29, 0.717) is 11.8 Å². The van der Waals surface area contributed by atoms with Crippen molar-refractivity contribution < 1.29 is 4.79 Å². The fraction of sp³-hybridized carbons (Fsp3) is 0.500. The Morgan fingerprint density at radius 3 is 2.95 bits per heavy atom. The maximum Gasteiger partial charge on any atom is 0.251 e. The lowest BCUT2D eigenvalue weighted by molar-refractivity contribution is 0.0951. The molecule has 1 saturated carbocycles. The average Bonchev–Trinajstić information content (AvgIpc) is 3.25. The fourth-order valence-corrected chi connectivity index (χ4v) is 3.70. The first-order valence-corrected chi connectivity index (χ1v) is 7.99. The van der Waals surface area contributed by atoms with E-state index < -0.39 is 0 Å². The molecule has 2 heterocycles. The van der Waals surface area contributed by atoms with Crippen molar-refractivity contribution >= 4 is 12.0 Å². The van der Waals surface area contributed by atoms with E-state index in [1.165, 1.54) is 18.4 Å². The van der Waals surface area contributed by atoms with Crippen LogP contribution in [0, 0.1) is 11.8 Å². The molecule has 3 heteroatoms. The summed E-state index contributed by atoms with van der Waals surface area (Å²) in [7, 11) is 2.17. The zero-order valence-corrected chi connectivity index (χ0v) is 12.5. The highest BCUT2D eigenvalue weighted by Gasteiger charge is 2.36. The van der Waals surface area contributed by atoms with Gasteiger partial charge in [0.25, 0.3) is 5.91 Å². The molecule has 1 aliphatic carbocycles. The van der Waals surface area contributed by atoms with Gasteiger partial charge in [0.15, 0.2) is 0 Å². The molecule has 2 aliphatic heterocycles. The van der Waals surface area contributed by atoms with Gasteiger partial charge in [-0.05, 0) is 48.9 Å². The number of allylic oxidation sites excluding steroid dienone is 1. The Bertz CT molecular complexity index is 603. The Kier molecular flexibility index (Phi) is 3.11. The number of likely N-dealkylation sites (N-methyl/N-ethyl adjacent to an activating group) is 1. The summed E-state index contributed by atoms with van der Waals surface area (Å²) in [4.78, 5) is 14.7. The normalized spacial score (nSPS) is 29.1. The molecule has 110 valence electrons. The third kappa shape index (κ3) is 2.51. The molecule has 2 atom stereocenters. The molecule has 0 unspecified atom stereocenters. The monoisotopic (exact) mass is 282 g/mol. The first kappa shape index (κ1) is 13.1. The molecule has 1 aromatic carbocycles. The average molecular weight is 282 g/mol. The minimum absolute atomic E-state index is 0.101. The number of carbonyl (C=O) groups excluding carboxylic acids is 1. The molecule has 3 aliphatic rings. The van der Waals surface area contributed by atoms with Gasteiger partial charge in [0.2, 0.25) is 0 Å². The van der Waals surface area contributed by atoms with E-state index in [4.69, 9.17) is 0 Å². The van der Waals surface area contributed by atoms with Gasteiger partial charge < -0.3 is 10.2 Å². The Balaban J connectivity index is 1.69. The van der Waals surface area contributed by atoms with Gasteiger partial charge in [-0.15, -0.1) is 0 Å². The minimum atomic E-state index is 0.101. The van der Waals surface area contributed by atoms with Crippen molar-refractivity contribution in [3.8, 4) is 0 Å². The zero-order valence-electron chi connectivity index (χ0n) is 12.5. The van der Waals surface area contributed by atoms with Crippen molar-refractivity contribution in [2.75, 3.05) is 26.7 Å². The molecule has 4 rings (SSSR count). The van der Waals surface area contributed by atoms with Crippen LogP contribution in [0.2, 0.25) is 0 Å². The summed E-state index contributed by atoms with van der Waals surface area (Å²) in [5, 5.41) is 3.11. The molecule has 1 amide bonds. The summed E-state index contributed by atoms with van der Waals surface area (Å²) < 4.78 is 0. The van der Waals surface area contributed by atoms with Crippen LogP contribution in [0.5, 0.6) is 0 Å². The number of amides is 1. The molecular formula is C18H22N2O. The van der Waals surface area contributed by atoms with Crippen LogP contribution >= 0.6 is 0 Å². The smallest absolute Gasteiger partial charge is 0.251 e. The van der Waals surface area contributed by atoms with Crippen molar-refractivity contribution in [3.05, 3.63) is 41.0 Å². The van der Waals surface area contributed by atoms with Crippen LogP contribution in [0.1, 0.15) is 40.2 Å².